The van der Waals surface area contributed by atoms with E-state index in [2.05, 4.69) is 36.8 Å². The summed E-state index contributed by atoms with van der Waals surface area (Å²) in [5, 5.41) is 23.0. The van der Waals surface area contributed by atoms with Crippen molar-refractivity contribution >= 4 is 28.6 Å². The van der Waals surface area contributed by atoms with Crippen LogP contribution in [-0.4, -0.2) is 54.7 Å². The smallest absolute Gasteiger partial charge is 0.225 e. The van der Waals surface area contributed by atoms with Crippen LogP contribution in [0.2, 0.25) is 0 Å². The first kappa shape index (κ1) is 18.8. The zero-order chi connectivity index (χ0) is 20.5. The molecule has 1 unspecified atom stereocenters. The number of aromatic nitrogens is 5. The Labute approximate surface area is 174 Å². The largest absolute Gasteiger partial charge is 0.351 e. The van der Waals surface area contributed by atoms with Gasteiger partial charge in [0.1, 0.15) is 5.52 Å². The van der Waals surface area contributed by atoms with Gasteiger partial charge in [-0.2, -0.15) is 15.3 Å². The second-order valence-corrected chi connectivity index (χ2v) is 8.17. The van der Waals surface area contributed by atoms with Crippen LogP contribution >= 0.6 is 0 Å². The fraction of sp³-hybridized carbons (Fsp3) is 0.476. The topological polar surface area (TPSA) is 118 Å². The molecule has 0 saturated carbocycles. The summed E-state index contributed by atoms with van der Waals surface area (Å²) < 4.78 is 0. The van der Waals surface area contributed by atoms with Gasteiger partial charge >= 0.3 is 0 Å². The maximum Gasteiger partial charge on any atom is 0.225 e. The van der Waals surface area contributed by atoms with Gasteiger partial charge in [-0.3, -0.25) is 15.0 Å². The highest BCUT2D eigenvalue weighted by Crippen LogP contribution is 2.36. The number of nitrogens with zero attached hydrogens (tertiary/aromatic N) is 6. The Hall–Kier alpha value is -3.25. The summed E-state index contributed by atoms with van der Waals surface area (Å²) in [4.78, 5) is 16.4. The summed E-state index contributed by atoms with van der Waals surface area (Å²) in [5.74, 6) is 1.96. The number of nitrogens with one attached hydrogen (secondary N) is 3. The van der Waals surface area contributed by atoms with E-state index < -0.39 is 0 Å². The standard InChI is InChI=1S/C21H25N9/c1-13-10-18(29-28-13)26-20-19-17(4-2-8-23-19)25-21(27-20)24-14-11-15-5-6-16(12-14)30(15)9-3-7-22/h2,4,8,10,14-16H,3,5-6,9,11-12H2,1H3,(H3,24,25,26,27,28,29)/t14-,15-,16?/m0/s1. The molecule has 3 aromatic rings. The molecule has 3 aromatic heterocycles. The zero-order valence-electron chi connectivity index (χ0n) is 17.0. The lowest BCUT2D eigenvalue weighted by Crippen LogP contribution is -2.47. The molecule has 0 aliphatic carbocycles. The van der Waals surface area contributed by atoms with E-state index in [9.17, 15) is 0 Å². The second-order valence-electron chi connectivity index (χ2n) is 8.17. The molecule has 5 rings (SSSR count). The van der Waals surface area contributed by atoms with Crippen LogP contribution in [0.1, 0.15) is 37.8 Å². The molecular weight excluding hydrogens is 378 g/mol. The molecule has 2 bridgehead atoms. The maximum atomic E-state index is 8.93. The van der Waals surface area contributed by atoms with Crippen molar-refractivity contribution in [3.8, 4) is 6.07 Å². The van der Waals surface area contributed by atoms with Gasteiger partial charge in [0, 0.05) is 49.0 Å². The minimum absolute atomic E-state index is 0.329. The predicted molar refractivity (Wildman–Crippen MR) is 114 cm³/mol. The van der Waals surface area contributed by atoms with Crippen LogP contribution in [0.15, 0.2) is 24.4 Å². The third-order valence-corrected chi connectivity index (χ3v) is 6.11. The van der Waals surface area contributed by atoms with Crippen molar-refractivity contribution in [2.75, 3.05) is 17.2 Å². The fourth-order valence-corrected chi connectivity index (χ4v) is 4.84. The van der Waals surface area contributed by atoms with Crippen LogP contribution in [0.3, 0.4) is 0 Å². The van der Waals surface area contributed by atoms with Gasteiger partial charge in [0.05, 0.1) is 11.6 Å². The van der Waals surface area contributed by atoms with E-state index in [4.69, 9.17) is 15.2 Å². The first-order valence-electron chi connectivity index (χ1n) is 10.5. The van der Waals surface area contributed by atoms with Crippen LogP contribution < -0.4 is 10.6 Å². The number of hydrogen-bond acceptors (Lipinski definition) is 8. The summed E-state index contributed by atoms with van der Waals surface area (Å²) in [6, 6.07) is 9.46. The van der Waals surface area contributed by atoms with Crippen molar-refractivity contribution in [2.24, 2.45) is 0 Å². The lowest BCUT2D eigenvalue weighted by atomic mass is 9.97. The summed E-state index contributed by atoms with van der Waals surface area (Å²) in [5.41, 5.74) is 2.48. The number of H-pyrrole nitrogens is 1. The van der Waals surface area contributed by atoms with Gasteiger partial charge in [0.2, 0.25) is 5.95 Å². The summed E-state index contributed by atoms with van der Waals surface area (Å²) >= 11 is 0. The van der Waals surface area contributed by atoms with Gasteiger partial charge in [-0.05, 0) is 44.7 Å². The minimum atomic E-state index is 0.329. The van der Waals surface area contributed by atoms with Gasteiger partial charge in [-0.25, -0.2) is 4.98 Å². The number of rotatable bonds is 6. The molecule has 2 fully saturated rings. The second kappa shape index (κ2) is 7.88. The number of hydrogen-bond donors (Lipinski definition) is 3. The first-order valence-corrected chi connectivity index (χ1v) is 10.5. The molecule has 3 N–H and O–H groups in total. The molecule has 0 amide bonds. The van der Waals surface area contributed by atoms with Crippen LogP contribution in [0, 0.1) is 18.3 Å². The number of aromatic amines is 1. The van der Waals surface area contributed by atoms with Crippen molar-refractivity contribution in [3.05, 3.63) is 30.1 Å². The SMILES string of the molecule is Cc1cc(Nc2nc(N[C@@H]3CC4CC[C@@H](C3)N4CCC#N)nc3cccnc23)n[nH]1. The van der Waals surface area contributed by atoms with Crippen LogP contribution in [0.5, 0.6) is 0 Å². The van der Waals surface area contributed by atoms with Crippen molar-refractivity contribution in [1.82, 2.24) is 30.0 Å². The molecule has 2 saturated heterocycles. The Morgan fingerprint density at radius 2 is 2.10 bits per heavy atom. The Morgan fingerprint density at radius 1 is 1.27 bits per heavy atom. The van der Waals surface area contributed by atoms with E-state index in [0.29, 0.717) is 42.1 Å². The number of aryl methyl sites for hydroxylation is 1. The Bertz CT molecular complexity index is 1070. The number of pyridine rings is 1. The molecule has 2 aliphatic rings. The van der Waals surface area contributed by atoms with Gasteiger partial charge in [-0.1, -0.05) is 0 Å². The van der Waals surface area contributed by atoms with Crippen molar-refractivity contribution < 1.29 is 0 Å². The van der Waals surface area contributed by atoms with Crippen LogP contribution in [0.4, 0.5) is 17.6 Å². The third kappa shape index (κ3) is 3.66. The van der Waals surface area contributed by atoms with E-state index in [0.717, 1.165) is 36.1 Å². The van der Waals surface area contributed by atoms with E-state index in [-0.39, 0.29) is 0 Å². The van der Waals surface area contributed by atoms with E-state index >= 15 is 0 Å². The summed E-state index contributed by atoms with van der Waals surface area (Å²) in [7, 11) is 0. The molecule has 9 heteroatoms. The average molecular weight is 403 g/mol. The molecule has 30 heavy (non-hydrogen) atoms. The quantitative estimate of drug-likeness (QED) is 0.574. The van der Waals surface area contributed by atoms with Gasteiger partial charge in [-0.15, -0.1) is 0 Å². The van der Waals surface area contributed by atoms with Crippen molar-refractivity contribution in [1.29, 1.82) is 5.26 Å². The highest BCUT2D eigenvalue weighted by atomic mass is 15.3. The molecule has 0 aromatic carbocycles. The van der Waals surface area contributed by atoms with E-state index in [1.165, 1.54) is 12.8 Å². The number of anilines is 3. The monoisotopic (exact) mass is 403 g/mol. The summed E-state index contributed by atoms with van der Waals surface area (Å²) in [6.07, 6.45) is 6.88. The lowest BCUT2D eigenvalue weighted by Gasteiger charge is -2.38. The minimum Gasteiger partial charge on any atom is -0.351 e. The molecule has 5 heterocycles. The molecule has 9 nitrogen and oxygen atoms in total. The highest BCUT2D eigenvalue weighted by Gasteiger charge is 2.40. The molecule has 2 aliphatic heterocycles. The van der Waals surface area contributed by atoms with Gasteiger partial charge in [0.25, 0.3) is 0 Å². The molecule has 154 valence electrons. The van der Waals surface area contributed by atoms with Gasteiger partial charge in [0.15, 0.2) is 11.6 Å². The summed E-state index contributed by atoms with van der Waals surface area (Å²) in [6.45, 7) is 2.84. The van der Waals surface area contributed by atoms with Crippen molar-refractivity contribution in [2.45, 2.75) is 57.2 Å². The average Bonchev–Trinajstić information content (AvgIpc) is 3.25. The highest BCUT2D eigenvalue weighted by molar-refractivity contribution is 5.87. The molecule has 0 spiro atoms. The first-order chi connectivity index (χ1) is 14.7. The van der Waals surface area contributed by atoms with Crippen molar-refractivity contribution in [3.63, 3.8) is 0 Å². The predicted octanol–water partition coefficient (Wildman–Crippen LogP) is 3.12. The molecular formula is C21H25N9. The fourth-order valence-electron chi connectivity index (χ4n) is 4.84. The molecule has 3 atom stereocenters. The number of piperidine rings is 1. The van der Waals surface area contributed by atoms with Crippen LogP contribution in [0.25, 0.3) is 11.0 Å². The molecule has 0 radical (unpaired) electrons. The Kier molecular flexibility index (Phi) is 4.93. The van der Waals surface area contributed by atoms with E-state index in [1.807, 2.05) is 25.1 Å². The number of fused-ring (bicyclic) bond motifs is 3. The number of nitriles is 1. The van der Waals surface area contributed by atoms with Crippen LogP contribution in [-0.2, 0) is 0 Å². The zero-order valence-corrected chi connectivity index (χ0v) is 17.0. The Balaban J connectivity index is 1.37. The maximum absolute atomic E-state index is 8.93. The lowest BCUT2D eigenvalue weighted by molar-refractivity contribution is 0.135. The third-order valence-electron chi connectivity index (χ3n) is 6.11. The van der Waals surface area contributed by atoms with Gasteiger partial charge < -0.3 is 10.6 Å². The normalized spacial score (nSPS) is 23.4. The Morgan fingerprint density at radius 3 is 2.83 bits per heavy atom. The van der Waals surface area contributed by atoms with E-state index in [1.54, 1.807) is 6.20 Å².